The molecular formula is C11H9F6IO6S2. The van der Waals surface area contributed by atoms with E-state index in [1.807, 2.05) is 0 Å². The first kappa shape index (κ1) is 23.0. The number of hydrogen-bond acceptors (Lipinski definition) is 6. The van der Waals surface area contributed by atoms with Crippen LogP contribution in [-0.4, -0.2) is 27.9 Å². The zero-order valence-electron chi connectivity index (χ0n) is 12.4. The van der Waals surface area contributed by atoms with E-state index in [1.54, 1.807) is 0 Å². The summed E-state index contributed by atoms with van der Waals surface area (Å²) in [5.74, 6) is 0. The van der Waals surface area contributed by atoms with Gasteiger partial charge in [-0.25, -0.2) is 0 Å². The van der Waals surface area contributed by atoms with Crippen molar-refractivity contribution >= 4 is 40.5 Å². The Balaban J connectivity index is 3.23. The minimum atomic E-state index is -6.06. The molecule has 1 aromatic carbocycles. The average molecular weight is 542 g/mol. The van der Waals surface area contributed by atoms with Gasteiger partial charge in [0, 0.05) is 0 Å². The summed E-state index contributed by atoms with van der Waals surface area (Å²) in [4.78, 5) is 0. The van der Waals surface area contributed by atoms with Crippen LogP contribution in [0.4, 0.5) is 26.3 Å². The number of hydrogen-bond donors (Lipinski definition) is 0. The van der Waals surface area contributed by atoms with Gasteiger partial charge in [0.05, 0.1) is 0 Å². The molecule has 1 rings (SSSR count). The number of alkyl halides is 6. The summed E-state index contributed by atoms with van der Waals surface area (Å²) >= 11 is -3.96. The number of aryl methyl sites for hydroxylation is 1. The molecule has 0 aliphatic carbocycles. The van der Waals surface area contributed by atoms with Gasteiger partial charge in [0.2, 0.25) is 0 Å². The SMILES string of the molecule is Cc1ccccc1I(/C=C/OS(=O)(=O)C(F)(F)F)OS(=O)(=O)C(F)(F)F. The van der Waals surface area contributed by atoms with E-state index < -0.39 is 51.5 Å². The monoisotopic (exact) mass is 542 g/mol. The molecule has 0 aliphatic heterocycles. The summed E-state index contributed by atoms with van der Waals surface area (Å²) in [7, 11) is -12.1. The summed E-state index contributed by atoms with van der Waals surface area (Å²) in [5.41, 5.74) is -11.2. The van der Waals surface area contributed by atoms with E-state index in [0.29, 0.717) is 9.65 Å². The van der Waals surface area contributed by atoms with Gasteiger partial charge in [-0.15, -0.1) is 0 Å². The quantitative estimate of drug-likeness (QED) is 0.179. The maximum absolute atomic E-state index is 12.5. The predicted octanol–water partition coefficient (Wildman–Crippen LogP) is 3.79. The van der Waals surface area contributed by atoms with Gasteiger partial charge in [-0.2, -0.15) is 0 Å². The second-order valence-electron chi connectivity index (χ2n) is 4.25. The van der Waals surface area contributed by atoms with Crippen molar-refractivity contribution in [3.63, 3.8) is 0 Å². The standard InChI is InChI=1S/C11H9F6IO6S2/c1-8-4-2-3-5-9(8)18(24-26(21,22)11(15,16)17)6-7-23-25(19,20)10(12,13)14/h2-7H,1H3/b7-6+. The van der Waals surface area contributed by atoms with Crippen molar-refractivity contribution in [1.29, 1.82) is 0 Å². The van der Waals surface area contributed by atoms with Crippen LogP contribution in [0.2, 0.25) is 0 Å². The van der Waals surface area contributed by atoms with Crippen molar-refractivity contribution in [3.05, 3.63) is 43.7 Å². The van der Waals surface area contributed by atoms with Crippen molar-refractivity contribution in [3.8, 4) is 0 Å². The Kier molecular flexibility index (Phi) is 6.97. The first-order valence-corrected chi connectivity index (χ1v) is 12.0. The van der Waals surface area contributed by atoms with Gasteiger partial charge in [-0.3, -0.25) is 0 Å². The second kappa shape index (κ2) is 7.89. The van der Waals surface area contributed by atoms with E-state index >= 15 is 0 Å². The molecule has 0 aliphatic rings. The van der Waals surface area contributed by atoms with Crippen LogP contribution >= 0.6 is 20.2 Å². The molecule has 0 heterocycles. The molecule has 26 heavy (non-hydrogen) atoms. The van der Waals surface area contributed by atoms with E-state index in [-0.39, 0.29) is 9.83 Å². The van der Waals surface area contributed by atoms with Crippen molar-refractivity contribution in [2.45, 2.75) is 17.9 Å². The van der Waals surface area contributed by atoms with E-state index in [9.17, 15) is 43.2 Å². The molecule has 0 saturated heterocycles. The summed E-state index contributed by atoms with van der Waals surface area (Å²) in [6.45, 7) is 1.39. The fourth-order valence-corrected chi connectivity index (χ4v) is 7.54. The molecule has 0 fully saturated rings. The van der Waals surface area contributed by atoms with Crippen molar-refractivity contribution in [2.24, 2.45) is 0 Å². The molecule has 0 aromatic heterocycles. The zero-order valence-corrected chi connectivity index (χ0v) is 16.2. The molecule has 0 saturated carbocycles. The van der Waals surface area contributed by atoms with Gasteiger partial charge in [-0.05, 0) is 0 Å². The maximum atomic E-state index is 12.5. The predicted molar refractivity (Wildman–Crippen MR) is 85.2 cm³/mol. The molecule has 0 N–H and O–H groups in total. The Morgan fingerprint density at radius 1 is 0.923 bits per heavy atom. The van der Waals surface area contributed by atoms with Gasteiger partial charge in [0.25, 0.3) is 0 Å². The van der Waals surface area contributed by atoms with Gasteiger partial charge >= 0.3 is 152 Å². The Labute approximate surface area is 152 Å². The Hall–Kier alpha value is -1.07. The first-order valence-electron chi connectivity index (χ1n) is 6.00. The van der Waals surface area contributed by atoms with Gasteiger partial charge in [-0.1, -0.05) is 0 Å². The Bertz CT molecular complexity index is 875. The fourth-order valence-electron chi connectivity index (χ4n) is 1.20. The van der Waals surface area contributed by atoms with Crippen LogP contribution in [-0.2, 0) is 26.9 Å². The first-order chi connectivity index (χ1) is 11.6. The zero-order chi connectivity index (χ0) is 20.4. The van der Waals surface area contributed by atoms with E-state index in [1.165, 1.54) is 31.2 Å². The molecule has 0 spiro atoms. The van der Waals surface area contributed by atoms with Crippen LogP contribution in [0.25, 0.3) is 0 Å². The summed E-state index contributed by atoms with van der Waals surface area (Å²) in [6, 6.07) is 5.40. The number of rotatable bonds is 6. The van der Waals surface area contributed by atoms with Crippen LogP contribution in [0.1, 0.15) is 5.56 Å². The third-order valence-corrected chi connectivity index (χ3v) is 10.0. The van der Waals surface area contributed by atoms with E-state index in [2.05, 4.69) is 6.70 Å². The summed E-state index contributed by atoms with van der Waals surface area (Å²) in [6.07, 6.45) is -0.0496. The van der Waals surface area contributed by atoms with E-state index in [0.717, 1.165) is 0 Å². The molecule has 0 radical (unpaired) electrons. The van der Waals surface area contributed by atoms with Crippen LogP contribution in [0.15, 0.2) is 34.6 Å². The van der Waals surface area contributed by atoms with Crippen molar-refractivity contribution in [1.82, 2.24) is 0 Å². The van der Waals surface area contributed by atoms with Gasteiger partial charge in [0.1, 0.15) is 0 Å². The van der Waals surface area contributed by atoms with Crippen molar-refractivity contribution < 1.29 is 49.9 Å². The Morgan fingerprint density at radius 2 is 1.42 bits per heavy atom. The molecule has 0 bridgehead atoms. The molecule has 0 atom stereocenters. The Morgan fingerprint density at radius 3 is 1.88 bits per heavy atom. The second-order valence-corrected chi connectivity index (χ2v) is 11.8. The average Bonchev–Trinajstić information content (AvgIpc) is 2.44. The minimum absolute atomic E-state index is 0.0196. The number of benzene rings is 1. The molecule has 1 aromatic rings. The van der Waals surface area contributed by atoms with Crippen molar-refractivity contribution in [2.75, 3.05) is 0 Å². The fraction of sp³-hybridized carbons (Fsp3) is 0.273. The molecule has 6 nitrogen and oxygen atoms in total. The van der Waals surface area contributed by atoms with Crippen LogP contribution in [0, 0.1) is 10.5 Å². The van der Waals surface area contributed by atoms with Crippen LogP contribution in [0.3, 0.4) is 0 Å². The van der Waals surface area contributed by atoms with Crippen LogP contribution in [0.5, 0.6) is 0 Å². The molecule has 0 amide bonds. The van der Waals surface area contributed by atoms with Crippen LogP contribution < -0.4 is 0 Å². The van der Waals surface area contributed by atoms with Gasteiger partial charge < -0.3 is 0 Å². The topological polar surface area (TPSA) is 86.7 Å². The molecule has 150 valence electrons. The number of halogens is 7. The molecular weight excluding hydrogens is 533 g/mol. The third-order valence-electron chi connectivity index (χ3n) is 2.34. The molecule has 0 unspecified atom stereocenters. The molecule has 15 heteroatoms. The van der Waals surface area contributed by atoms with E-state index in [4.69, 9.17) is 0 Å². The summed E-state index contributed by atoms with van der Waals surface area (Å²) < 4.78 is 126. The normalized spacial score (nSPS) is 14.5. The van der Waals surface area contributed by atoms with Gasteiger partial charge in [0.15, 0.2) is 0 Å². The third kappa shape index (κ3) is 5.71. The summed E-state index contributed by atoms with van der Waals surface area (Å²) in [5, 5.41) is 0.